The first-order valence-electron chi connectivity index (χ1n) is 13.5. The van der Waals surface area contributed by atoms with Crippen LogP contribution in [0.1, 0.15) is 11.1 Å². The van der Waals surface area contributed by atoms with Gasteiger partial charge in [0.2, 0.25) is 0 Å². The van der Waals surface area contributed by atoms with E-state index in [4.69, 9.17) is 0 Å². The fraction of sp³-hybridized carbons (Fsp3) is 0.0526. The van der Waals surface area contributed by atoms with E-state index in [0.717, 1.165) is 12.8 Å². The van der Waals surface area contributed by atoms with Crippen LogP contribution >= 0.6 is 0 Å². The number of fused-ring (bicyclic) bond motifs is 7. The monoisotopic (exact) mass is 482 g/mol. The second kappa shape index (κ2) is 8.43. The van der Waals surface area contributed by atoms with Crippen molar-refractivity contribution in [1.82, 2.24) is 0 Å². The predicted molar refractivity (Wildman–Crippen MR) is 163 cm³/mol. The van der Waals surface area contributed by atoms with Crippen molar-refractivity contribution in [2.45, 2.75) is 12.8 Å². The molecule has 8 rings (SSSR count). The molecule has 1 aliphatic rings. The fourth-order valence-corrected chi connectivity index (χ4v) is 6.76. The van der Waals surface area contributed by atoms with Gasteiger partial charge in [0, 0.05) is 0 Å². The van der Waals surface area contributed by atoms with Gasteiger partial charge in [0.25, 0.3) is 0 Å². The van der Waals surface area contributed by atoms with Crippen molar-refractivity contribution in [2.75, 3.05) is 0 Å². The molecule has 0 saturated carbocycles. The average Bonchev–Trinajstić information content (AvgIpc) is 2.99. The Morgan fingerprint density at radius 2 is 0.895 bits per heavy atom. The molecule has 0 nitrogen and oxygen atoms in total. The molecule has 0 saturated heterocycles. The van der Waals surface area contributed by atoms with Gasteiger partial charge in [-0.1, -0.05) is 133 Å². The maximum absolute atomic E-state index is 2.35. The molecule has 0 aromatic heterocycles. The van der Waals surface area contributed by atoms with Crippen LogP contribution in [0, 0.1) is 0 Å². The zero-order valence-corrected chi connectivity index (χ0v) is 21.1. The molecule has 38 heavy (non-hydrogen) atoms. The first-order chi connectivity index (χ1) is 18.9. The summed E-state index contributed by atoms with van der Waals surface area (Å²) in [6, 6.07) is 49.2. The van der Waals surface area contributed by atoms with Crippen LogP contribution in [0.3, 0.4) is 0 Å². The van der Waals surface area contributed by atoms with Crippen molar-refractivity contribution < 1.29 is 0 Å². The molecule has 0 unspecified atom stereocenters. The van der Waals surface area contributed by atoms with Gasteiger partial charge in [0.05, 0.1) is 0 Å². The van der Waals surface area contributed by atoms with E-state index in [9.17, 15) is 0 Å². The smallest absolute Gasteiger partial charge is 0.00234 e. The molecule has 0 spiro atoms. The predicted octanol–water partition coefficient (Wildman–Crippen LogP) is 10.2. The van der Waals surface area contributed by atoms with E-state index in [-0.39, 0.29) is 0 Å². The quantitative estimate of drug-likeness (QED) is 0.215. The van der Waals surface area contributed by atoms with Crippen LogP contribution in [0.15, 0.2) is 133 Å². The Hall–Kier alpha value is -4.68. The molecule has 0 radical (unpaired) electrons. The number of hydrogen-bond acceptors (Lipinski definition) is 0. The van der Waals surface area contributed by atoms with E-state index >= 15 is 0 Å². The molecule has 0 bridgehead atoms. The molecular formula is C38H26. The van der Waals surface area contributed by atoms with E-state index in [1.54, 1.807) is 0 Å². The van der Waals surface area contributed by atoms with Crippen LogP contribution < -0.4 is 0 Å². The molecule has 1 aliphatic carbocycles. The lowest BCUT2D eigenvalue weighted by atomic mass is 9.78. The van der Waals surface area contributed by atoms with Crippen molar-refractivity contribution in [3.8, 4) is 33.4 Å². The minimum Gasteiger partial charge on any atom is -0.0622 e. The standard InChI is InChI=1S/C38H26/c1-2-12-26(13-3-1)37-32-15-6-8-17-34(32)38(35-18-9-7-16-33(35)37)31-20-10-19-30-29(31)24-23-27-22-21-25-11-4-5-14-28(25)36(27)30/h1-22H,23-24H2. The lowest BCUT2D eigenvalue weighted by Crippen LogP contribution is -2.06. The molecule has 7 aromatic carbocycles. The lowest BCUT2D eigenvalue weighted by molar-refractivity contribution is 0.947. The minimum absolute atomic E-state index is 1.06. The molecule has 0 amide bonds. The summed E-state index contributed by atoms with van der Waals surface area (Å²) in [5.74, 6) is 0. The van der Waals surface area contributed by atoms with E-state index in [1.165, 1.54) is 76.8 Å². The molecule has 0 aliphatic heterocycles. The summed E-state index contributed by atoms with van der Waals surface area (Å²) in [5.41, 5.74) is 11.1. The van der Waals surface area contributed by atoms with Gasteiger partial charge in [-0.3, -0.25) is 0 Å². The highest BCUT2D eigenvalue weighted by Crippen LogP contribution is 2.48. The third-order valence-corrected chi connectivity index (χ3v) is 8.37. The highest BCUT2D eigenvalue weighted by Gasteiger charge is 2.24. The zero-order valence-electron chi connectivity index (χ0n) is 21.1. The summed E-state index contributed by atoms with van der Waals surface area (Å²) >= 11 is 0. The van der Waals surface area contributed by atoms with Crippen LogP contribution in [0.4, 0.5) is 0 Å². The van der Waals surface area contributed by atoms with Crippen LogP contribution in [-0.2, 0) is 12.8 Å². The van der Waals surface area contributed by atoms with Crippen molar-refractivity contribution in [2.24, 2.45) is 0 Å². The SMILES string of the molecule is c1ccc(-c2c3ccccc3c(-c3cccc4c3CCc3ccc5ccccc5c3-4)c3ccccc23)cc1. The van der Waals surface area contributed by atoms with Crippen LogP contribution in [0.5, 0.6) is 0 Å². The normalized spacial score (nSPS) is 12.5. The van der Waals surface area contributed by atoms with Gasteiger partial charge >= 0.3 is 0 Å². The molecule has 0 N–H and O–H groups in total. The molecular weight excluding hydrogens is 456 g/mol. The Balaban J connectivity index is 1.49. The van der Waals surface area contributed by atoms with E-state index in [1.807, 2.05) is 0 Å². The minimum atomic E-state index is 1.06. The summed E-state index contributed by atoms with van der Waals surface area (Å²) in [7, 11) is 0. The second-order valence-corrected chi connectivity index (χ2v) is 10.4. The summed E-state index contributed by atoms with van der Waals surface area (Å²) < 4.78 is 0. The van der Waals surface area contributed by atoms with E-state index in [2.05, 4.69) is 133 Å². The maximum atomic E-state index is 2.35. The third kappa shape index (κ3) is 3.10. The molecule has 0 heterocycles. The van der Waals surface area contributed by atoms with Crippen molar-refractivity contribution in [1.29, 1.82) is 0 Å². The van der Waals surface area contributed by atoms with Crippen molar-refractivity contribution in [3.63, 3.8) is 0 Å². The fourth-order valence-electron chi connectivity index (χ4n) is 6.76. The molecule has 0 atom stereocenters. The van der Waals surface area contributed by atoms with Crippen LogP contribution in [0.2, 0.25) is 0 Å². The summed E-state index contributed by atoms with van der Waals surface area (Å²) in [4.78, 5) is 0. The number of benzene rings is 7. The van der Waals surface area contributed by atoms with Gasteiger partial charge in [-0.25, -0.2) is 0 Å². The average molecular weight is 483 g/mol. The van der Waals surface area contributed by atoms with Gasteiger partial charge in [0.15, 0.2) is 0 Å². The zero-order chi connectivity index (χ0) is 25.1. The molecule has 0 heteroatoms. The molecule has 178 valence electrons. The van der Waals surface area contributed by atoms with E-state index < -0.39 is 0 Å². The van der Waals surface area contributed by atoms with Gasteiger partial charge in [-0.15, -0.1) is 0 Å². The number of aryl methyl sites for hydroxylation is 1. The number of hydrogen-bond donors (Lipinski definition) is 0. The molecule has 7 aromatic rings. The first kappa shape index (κ1) is 21.4. The highest BCUT2D eigenvalue weighted by atomic mass is 14.3. The second-order valence-electron chi connectivity index (χ2n) is 10.4. The van der Waals surface area contributed by atoms with Crippen LogP contribution in [-0.4, -0.2) is 0 Å². The highest BCUT2D eigenvalue weighted by molar-refractivity contribution is 6.22. The summed E-state index contributed by atoms with van der Waals surface area (Å²) in [6.07, 6.45) is 2.13. The van der Waals surface area contributed by atoms with E-state index in [0.29, 0.717) is 0 Å². The van der Waals surface area contributed by atoms with Crippen LogP contribution in [0.25, 0.3) is 65.7 Å². The van der Waals surface area contributed by atoms with Crippen molar-refractivity contribution in [3.05, 3.63) is 145 Å². The molecule has 0 fully saturated rings. The Morgan fingerprint density at radius 3 is 1.58 bits per heavy atom. The van der Waals surface area contributed by atoms with Gasteiger partial charge in [0.1, 0.15) is 0 Å². The Kier molecular flexibility index (Phi) is 4.75. The Labute approximate surface area is 222 Å². The summed E-state index contributed by atoms with van der Waals surface area (Å²) in [6.45, 7) is 0. The topological polar surface area (TPSA) is 0 Å². The third-order valence-electron chi connectivity index (χ3n) is 8.37. The largest absolute Gasteiger partial charge is 0.0622 e. The first-order valence-corrected chi connectivity index (χ1v) is 13.5. The Morgan fingerprint density at radius 1 is 0.342 bits per heavy atom. The van der Waals surface area contributed by atoms with Gasteiger partial charge in [-0.2, -0.15) is 0 Å². The van der Waals surface area contributed by atoms with Gasteiger partial charge < -0.3 is 0 Å². The lowest BCUT2D eigenvalue weighted by Gasteiger charge is -2.26. The summed E-state index contributed by atoms with van der Waals surface area (Å²) in [5, 5.41) is 7.94. The Bertz CT molecular complexity index is 1950. The maximum Gasteiger partial charge on any atom is -0.00234 e. The van der Waals surface area contributed by atoms with Crippen molar-refractivity contribution >= 4 is 32.3 Å². The van der Waals surface area contributed by atoms with Gasteiger partial charge in [-0.05, 0) is 89.7 Å². The number of rotatable bonds is 2.